The average molecular weight is 521 g/mol. The Labute approximate surface area is 222 Å². The van der Waals surface area contributed by atoms with E-state index in [9.17, 15) is 4.79 Å². The van der Waals surface area contributed by atoms with E-state index in [1.165, 1.54) is 20.3 Å². The van der Waals surface area contributed by atoms with Crippen LogP contribution in [0.1, 0.15) is 16.7 Å². The number of hydrogen-bond donors (Lipinski definition) is 2. The number of rotatable bonds is 11. The van der Waals surface area contributed by atoms with Crippen LogP contribution in [-0.4, -0.2) is 48.6 Å². The van der Waals surface area contributed by atoms with Gasteiger partial charge in [0.2, 0.25) is 11.7 Å². The number of amides is 1. The van der Waals surface area contributed by atoms with E-state index in [4.69, 9.17) is 34.2 Å². The second-order valence-electron chi connectivity index (χ2n) is 7.91. The van der Waals surface area contributed by atoms with Crippen molar-refractivity contribution in [2.75, 3.05) is 53.7 Å². The van der Waals surface area contributed by atoms with Gasteiger partial charge in [-0.1, -0.05) is 12.2 Å². The van der Waals surface area contributed by atoms with Gasteiger partial charge in [0.15, 0.2) is 23.0 Å². The van der Waals surface area contributed by atoms with Crippen LogP contribution in [0.25, 0.3) is 18.2 Å². The molecule has 0 aliphatic rings. The first kappa shape index (κ1) is 27.8. The zero-order chi connectivity index (χ0) is 27.7. The maximum Gasteiger partial charge on any atom is 0.248 e. The summed E-state index contributed by atoms with van der Waals surface area (Å²) in [5.74, 6) is 2.80. The zero-order valence-electron chi connectivity index (χ0n) is 22.3. The van der Waals surface area contributed by atoms with Gasteiger partial charge in [-0.05, 0) is 59.7 Å². The molecule has 200 valence electrons. The quantitative estimate of drug-likeness (QED) is 0.203. The highest BCUT2D eigenvalue weighted by atomic mass is 16.5. The fourth-order valence-corrected chi connectivity index (χ4v) is 3.76. The van der Waals surface area contributed by atoms with E-state index in [1.54, 1.807) is 58.8 Å². The molecule has 0 heterocycles. The molecule has 3 rings (SSSR count). The molecular formula is C29H32N2O7. The minimum Gasteiger partial charge on any atom is -0.497 e. The van der Waals surface area contributed by atoms with Crippen molar-refractivity contribution in [2.24, 2.45) is 0 Å². The summed E-state index contributed by atoms with van der Waals surface area (Å²) in [6.45, 7) is 0. The van der Waals surface area contributed by atoms with Gasteiger partial charge in [-0.25, -0.2) is 0 Å². The number of anilines is 2. The van der Waals surface area contributed by atoms with Crippen molar-refractivity contribution in [1.29, 1.82) is 0 Å². The number of nitrogen functional groups attached to an aromatic ring is 1. The van der Waals surface area contributed by atoms with E-state index in [-0.39, 0.29) is 5.91 Å². The van der Waals surface area contributed by atoms with Gasteiger partial charge in [0.05, 0.1) is 48.3 Å². The van der Waals surface area contributed by atoms with Gasteiger partial charge in [0, 0.05) is 17.3 Å². The maximum absolute atomic E-state index is 12.8. The molecular weight excluding hydrogens is 488 g/mol. The van der Waals surface area contributed by atoms with Crippen LogP contribution < -0.4 is 39.5 Å². The van der Waals surface area contributed by atoms with Crippen molar-refractivity contribution in [3.8, 4) is 34.5 Å². The van der Waals surface area contributed by atoms with Crippen LogP contribution in [0.2, 0.25) is 0 Å². The van der Waals surface area contributed by atoms with Crippen LogP contribution in [0.4, 0.5) is 11.4 Å². The molecule has 1 amide bonds. The normalized spacial score (nSPS) is 10.9. The molecule has 9 nitrogen and oxygen atoms in total. The van der Waals surface area contributed by atoms with Crippen LogP contribution in [-0.2, 0) is 4.79 Å². The lowest BCUT2D eigenvalue weighted by Crippen LogP contribution is -2.09. The molecule has 0 bridgehead atoms. The largest absolute Gasteiger partial charge is 0.497 e. The summed E-state index contributed by atoms with van der Waals surface area (Å²) in [5, 5.41) is 2.91. The van der Waals surface area contributed by atoms with Crippen LogP contribution in [0, 0.1) is 0 Å². The Morgan fingerprint density at radius 2 is 1.26 bits per heavy atom. The number of carbonyl (C=O) groups is 1. The number of ether oxygens (including phenoxy) is 6. The first-order valence-electron chi connectivity index (χ1n) is 11.5. The topological polar surface area (TPSA) is 111 Å². The first-order valence-corrected chi connectivity index (χ1v) is 11.5. The summed E-state index contributed by atoms with van der Waals surface area (Å²) in [4.78, 5) is 12.8. The number of hydrogen-bond acceptors (Lipinski definition) is 8. The van der Waals surface area contributed by atoms with Gasteiger partial charge in [-0.2, -0.15) is 0 Å². The van der Waals surface area contributed by atoms with Gasteiger partial charge in [0.25, 0.3) is 0 Å². The number of carbonyl (C=O) groups excluding carboxylic acids is 1. The van der Waals surface area contributed by atoms with Gasteiger partial charge < -0.3 is 39.5 Å². The van der Waals surface area contributed by atoms with Gasteiger partial charge >= 0.3 is 0 Å². The van der Waals surface area contributed by atoms with Crippen LogP contribution in [0.5, 0.6) is 34.5 Å². The fourth-order valence-electron chi connectivity index (χ4n) is 3.76. The molecule has 3 aromatic rings. The number of nitrogens with two attached hydrogens (primary N) is 1. The zero-order valence-corrected chi connectivity index (χ0v) is 22.3. The molecule has 0 spiro atoms. The third-order valence-electron chi connectivity index (χ3n) is 5.62. The summed E-state index contributed by atoms with van der Waals surface area (Å²) in [6.07, 6.45) is 6.79. The van der Waals surface area contributed by atoms with Crippen molar-refractivity contribution >= 4 is 35.5 Å². The Hall–Kier alpha value is -4.79. The Balaban J connectivity index is 1.87. The third-order valence-corrected chi connectivity index (χ3v) is 5.62. The van der Waals surface area contributed by atoms with Crippen molar-refractivity contribution < 1.29 is 33.2 Å². The lowest BCUT2D eigenvalue weighted by molar-refractivity contribution is -0.111. The van der Waals surface area contributed by atoms with Crippen molar-refractivity contribution in [1.82, 2.24) is 0 Å². The standard InChI is InChI=1S/C29H32N2O7/c1-33-21-10-11-23(31-27(32)12-8-18-13-22(30)28(37-5)24(14-18)34-2)20(17-21)9-7-19-15-25(35-3)29(38-6)26(16-19)36-4/h7-17H,30H2,1-6H3,(H,31,32)/b9-7?,12-8+. The molecule has 3 aromatic carbocycles. The summed E-state index contributed by atoms with van der Waals surface area (Å²) in [5.41, 5.74) is 9.27. The third kappa shape index (κ3) is 6.50. The van der Waals surface area contributed by atoms with Crippen molar-refractivity contribution in [2.45, 2.75) is 0 Å². The van der Waals surface area contributed by atoms with E-state index < -0.39 is 0 Å². The molecule has 0 fully saturated rings. The summed E-state index contributed by atoms with van der Waals surface area (Å²) in [6, 6.07) is 12.4. The molecule has 0 saturated carbocycles. The summed E-state index contributed by atoms with van der Waals surface area (Å²) < 4.78 is 32.2. The van der Waals surface area contributed by atoms with E-state index in [1.807, 2.05) is 30.4 Å². The van der Waals surface area contributed by atoms with E-state index in [0.29, 0.717) is 51.4 Å². The molecule has 38 heavy (non-hydrogen) atoms. The van der Waals surface area contributed by atoms with Gasteiger partial charge in [-0.3, -0.25) is 4.79 Å². The molecule has 0 atom stereocenters. The number of nitrogens with one attached hydrogen (secondary N) is 1. The lowest BCUT2D eigenvalue weighted by atomic mass is 10.1. The van der Waals surface area contributed by atoms with Gasteiger partial charge in [0.1, 0.15) is 5.75 Å². The average Bonchev–Trinajstić information content (AvgIpc) is 2.94. The smallest absolute Gasteiger partial charge is 0.248 e. The summed E-state index contributed by atoms with van der Waals surface area (Å²) in [7, 11) is 9.29. The molecule has 3 N–H and O–H groups in total. The minimum atomic E-state index is -0.328. The highest BCUT2D eigenvalue weighted by molar-refractivity contribution is 6.03. The fraction of sp³-hybridized carbons (Fsp3) is 0.207. The number of benzene rings is 3. The Morgan fingerprint density at radius 1 is 0.684 bits per heavy atom. The lowest BCUT2D eigenvalue weighted by Gasteiger charge is -2.13. The summed E-state index contributed by atoms with van der Waals surface area (Å²) >= 11 is 0. The monoisotopic (exact) mass is 520 g/mol. The first-order chi connectivity index (χ1) is 18.4. The molecule has 0 aliphatic heterocycles. The minimum absolute atomic E-state index is 0.328. The van der Waals surface area contributed by atoms with Crippen LogP contribution in [0.15, 0.2) is 48.5 Å². The Kier molecular flexibility index (Phi) is 9.48. The predicted molar refractivity (Wildman–Crippen MR) is 150 cm³/mol. The Bertz CT molecular complexity index is 1320. The van der Waals surface area contributed by atoms with Crippen LogP contribution >= 0.6 is 0 Å². The maximum atomic E-state index is 12.8. The molecule has 0 aliphatic carbocycles. The van der Waals surface area contributed by atoms with Crippen molar-refractivity contribution in [3.05, 3.63) is 65.2 Å². The molecule has 0 aromatic heterocycles. The molecule has 0 saturated heterocycles. The van der Waals surface area contributed by atoms with E-state index >= 15 is 0 Å². The highest BCUT2D eigenvalue weighted by Gasteiger charge is 2.13. The highest BCUT2D eigenvalue weighted by Crippen LogP contribution is 2.39. The second-order valence-corrected chi connectivity index (χ2v) is 7.91. The van der Waals surface area contributed by atoms with Crippen molar-refractivity contribution in [3.63, 3.8) is 0 Å². The Morgan fingerprint density at radius 3 is 1.82 bits per heavy atom. The van der Waals surface area contributed by atoms with Crippen LogP contribution in [0.3, 0.4) is 0 Å². The molecule has 9 heteroatoms. The molecule has 0 unspecified atom stereocenters. The second kappa shape index (κ2) is 13.0. The van der Waals surface area contributed by atoms with Gasteiger partial charge in [-0.15, -0.1) is 0 Å². The van der Waals surface area contributed by atoms with E-state index in [0.717, 1.165) is 11.1 Å². The molecule has 0 radical (unpaired) electrons. The predicted octanol–water partition coefficient (Wildman–Crippen LogP) is 5.14. The number of methoxy groups -OCH3 is 6. The van der Waals surface area contributed by atoms with E-state index in [2.05, 4.69) is 5.32 Å². The SMILES string of the molecule is COc1ccc(NC(=O)/C=C/c2cc(N)c(OC)c(OC)c2)c(C=Cc2cc(OC)c(OC)c(OC)c2)c1.